The van der Waals surface area contributed by atoms with Crippen LogP contribution in [0.25, 0.3) is 22.4 Å². The van der Waals surface area contributed by atoms with Gasteiger partial charge in [-0.05, 0) is 72.9 Å². The Bertz CT molecular complexity index is 1010. The van der Waals surface area contributed by atoms with Crippen LogP contribution in [-0.4, -0.2) is 38.9 Å². The summed E-state index contributed by atoms with van der Waals surface area (Å²) in [6.07, 6.45) is 3.74. The van der Waals surface area contributed by atoms with Crippen LogP contribution in [0, 0.1) is 6.92 Å². The zero-order valence-electron chi connectivity index (χ0n) is 17.9. The van der Waals surface area contributed by atoms with Crippen LogP contribution < -0.4 is 4.74 Å². The van der Waals surface area contributed by atoms with E-state index < -0.39 is 0 Å². The number of carbonyl (C=O) groups is 1. The van der Waals surface area contributed by atoms with Crippen LogP contribution in [0.2, 0.25) is 0 Å². The van der Waals surface area contributed by atoms with Crippen molar-refractivity contribution in [3.63, 3.8) is 0 Å². The van der Waals surface area contributed by atoms with Gasteiger partial charge in [0.15, 0.2) is 0 Å². The molecule has 30 heavy (non-hydrogen) atoms. The zero-order chi connectivity index (χ0) is 21.5. The summed E-state index contributed by atoms with van der Waals surface area (Å²) < 4.78 is 15.3. The number of esters is 1. The van der Waals surface area contributed by atoms with Crippen LogP contribution in [0.1, 0.15) is 27.9 Å². The van der Waals surface area contributed by atoms with Crippen molar-refractivity contribution in [3.05, 3.63) is 71.4 Å². The van der Waals surface area contributed by atoms with Crippen LogP contribution in [0.4, 0.5) is 0 Å². The number of aryl methyl sites for hydroxylation is 2. The van der Waals surface area contributed by atoms with Crippen molar-refractivity contribution in [1.82, 2.24) is 4.98 Å². The number of ether oxygens (including phenoxy) is 3. The van der Waals surface area contributed by atoms with E-state index in [1.807, 2.05) is 55.6 Å². The van der Waals surface area contributed by atoms with E-state index in [-0.39, 0.29) is 5.97 Å². The van der Waals surface area contributed by atoms with Crippen molar-refractivity contribution in [3.8, 4) is 28.1 Å². The van der Waals surface area contributed by atoms with E-state index in [0.29, 0.717) is 12.2 Å². The molecule has 3 rings (SSSR count). The van der Waals surface area contributed by atoms with Gasteiger partial charge >= 0.3 is 5.97 Å². The number of rotatable bonds is 8. The summed E-state index contributed by atoms with van der Waals surface area (Å²) in [6.45, 7) is 2.63. The van der Waals surface area contributed by atoms with Gasteiger partial charge in [-0.25, -0.2) is 4.79 Å². The van der Waals surface area contributed by atoms with Gasteiger partial charge in [0.1, 0.15) is 5.75 Å². The third-order valence-electron chi connectivity index (χ3n) is 5.06. The quantitative estimate of drug-likeness (QED) is 0.386. The Hall–Kier alpha value is -3.18. The van der Waals surface area contributed by atoms with Gasteiger partial charge in [0.2, 0.25) is 0 Å². The average molecular weight is 405 g/mol. The SMILES string of the molecule is COCCCc1cnc(-c2ccc(OC)cc2)c(-c2ccc(C(=O)OC)c(C)c2)c1. The number of hydrogen-bond acceptors (Lipinski definition) is 5. The minimum absolute atomic E-state index is 0.333. The van der Waals surface area contributed by atoms with Crippen molar-refractivity contribution in [2.45, 2.75) is 19.8 Å². The third kappa shape index (κ3) is 4.86. The van der Waals surface area contributed by atoms with Gasteiger partial charge in [-0.3, -0.25) is 4.98 Å². The molecule has 156 valence electrons. The van der Waals surface area contributed by atoms with E-state index in [1.54, 1.807) is 14.2 Å². The number of benzene rings is 2. The van der Waals surface area contributed by atoms with Gasteiger partial charge in [0.05, 0.1) is 25.5 Å². The standard InChI is InChI=1S/C25H27NO4/c1-17-14-20(9-12-22(17)25(27)30-4)23-15-18(6-5-13-28-2)16-26-24(23)19-7-10-21(29-3)11-8-19/h7-12,14-16H,5-6,13H2,1-4H3. The number of methoxy groups -OCH3 is 3. The van der Waals surface area contributed by atoms with Gasteiger partial charge in [-0.15, -0.1) is 0 Å². The molecule has 0 spiro atoms. The highest BCUT2D eigenvalue weighted by Gasteiger charge is 2.14. The van der Waals surface area contributed by atoms with Gasteiger partial charge in [0.25, 0.3) is 0 Å². The molecule has 3 aromatic rings. The van der Waals surface area contributed by atoms with E-state index in [4.69, 9.17) is 19.2 Å². The smallest absolute Gasteiger partial charge is 0.338 e. The molecule has 0 aliphatic rings. The Labute approximate surface area is 177 Å². The highest BCUT2D eigenvalue weighted by molar-refractivity contribution is 5.92. The summed E-state index contributed by atoms with van der Waals surface area (Å²) in [5, 5.41) is 0. The molecule has 1 aromatic heterocycles. The second-order valence-electron chi connectivity index (χ2n) is 7.09. The van der Waals surface area contributed by atoms with Crippen LogP contribution in [0.15, 0.2) is 54.7 Å². The van der Waals surface area contributed by atoms with Crippen LogP contribution in [0.5, 0.6) is 5.75 Å². The average Bonchev–Trinajstić information content (AvgIpc) is 2.78. The maximum Gasteiger partial charge on any atom is 0.338 e. The van der Waals surface area contributed by atoms with Crippen molar-refractivity contribution < 1.29 is 19.0 Å². The largest absolute Gasteiger partial charge is 0.497 e. The summed E-state index contributed by atoms with van der Waals surface area (Å²) >= 11 is 0. The first kappa shape index (κ1) is 21.5. The Morgan fingerprint density at radius 3 is 2.33 bits per heavy atom. The molecule has 0 bridgehead atoms. The third-order valence-corrected chi connectivity index (χ3v) is 5.06. The molecule has 0 unspecified atom stereocenters. The predicted molar refractivity (Wildman–Crippen MR) is 118 cm³/mol. The number of carbonyl (C=O) groups excluding carboxylic acids is 1. The molecule has 0 aliphatic carbocycles. The lowest BCUT2D eigenvalue weighted by Crippen LogP contribution is -2.04. The minimum atomic E-state index is -0.333. The van der Waals surface area contributed by atoms with E-state index in [1.165, 1.54) is 7.11 Å². The summed E-state index contributed by atoms with van der Waals surface area (Å²) in [4.78, 5) is 16.8. The highest BCUT2D eigenvalue weighted by Crippen LogP contribution is 2.33. The molecule has 0 saturated heterocycles. The molecular weight excluding hydrogens is 378 g/mol. The molecule has 0 saturated carbocycles. The fourth-order valence-electron chi connectivity index (χ4n) is 3.43. The molecule has 0 radical (unpaired) electrons. The van der Waals surface area contributed by atoms with E-state index >= 15 is 0 Å². The number of nitrogens with zero attached hydrogens (tertiary/aromatic N) is 1. The predicted octanol–water partition coefficient (Wildman–Crippen LogP) is 5.10. The summed E-state index contributed by atoms with van der Waals surface area (Å²) in [6, 6.07) is 15.8. The van der Waals surface area contributed by atoms with E-state index in [0.717, 1.165) is 52.1 Å². The van der Waals surface area contributed by atoms with Gasteiger partial charge in [0, 0.05) is 31.0 Å². The first-order valence-electron chi connectivity index (χ1n) is 9.89. The Balaban J connectivity index is 2.07. The highest BCUT2D eigenvalue weighted by atomic mass is 16.5. The van der Waals surface area contributed by atoms with Crippen LogP contribution in [-0.2, 0) is 15.9 Å². The van der Waals surface area contributed by atoms with Crippen LogP contribution >= 0.6 is 0 Å². The van der Waals surface area contributed by atoms with Crippen molar-refractivity contribution in [2.75, 3.05) is 27.9 Å². The maximum absolute atomic E-state index is 12.0. The monoisotopic (exact) mass is 405 g/mol. The molecule has 1 heterocycles. The van der Waals surface area contributed by atoms with Crippen molar-refractivity contribution in [2.24, 2.45) is 0 Å². The van der Waals surface area contributed by atoms with Gasteiger partial charge < -0.3 is 14.2 Å². The van der Waals surface area contributed by atoms with E-state index in [9.17, 15) is 4.79 Å². The Morgan fingerprint density at radius 1 is 0.967 bits per heavy atom. The molecule has 0 N–H and O–H groups in total. The van der Waals surface area contributed by atoms with Crippen molar-refractivity contribution in [1.29, 1.82) is 0 Å². The summed E-state index contributed by atoms with van der Waals surface area (Å²) in [7, 11) is 4.76. The molecule has 0 fully saturated rings. The lowest BCUT2D eigenvalue weighted by molar-refractivity contribution is 0.0600. The lowest BCUT2D eigenvalue weighted by Gasteiger charge is -2.14. The maximum atomic E-state index is 12.0. The molecule has 0 amide bonds. The molecular formula is C25H27NO4. The van der Waals surface area contributed by atoms with Gasteiger partial charge in [-0.2, -0.15) is 0 Å². The summed E-state index contributed by atoms with van der Waals surface area (Å²) in [5.74, 6) is 0.468. The van der Waals surface area contributed by atoms with E-state index in [2.05, 4.69) is 6.07 Å². The Kier molecular flexibility index (Phi) is 7.20. The fourth-order valence-corrected chi connectivity index (χ4v) is 3.43. The van der Waals surface area contributed by atoms with Gasteiger partial charge in [-0.1, -0.05) is 12.1 Å². The lowest BCUT2D eigenvalue weighted by atomic mass is 9.94. The first-order valence-corrected chi connectivity index (χ1v) is 9.89. The summed E-state index contributed by atoms with van der Waals surface area (Å²) in [5.41, 5.74) is 6.50. The molecule has 2 aromatic carbocycles. The molecule has 5 heteroatoms. The normalized spacial score (nSPS) is 10.7. The fraction of sp³-hybridized carbons (Fsp3) is 0.280. The first-order chi connectivity index (χ1) is 14.6. The Morgan fingerprint density at radius 2 is 1.70 bits per heavy atom. The number of hydrogen-bond donors (Lipinski definition) is 0. The molecule has 0 aliphatic heterocycles. The number of aromatic nitrogens is 1. The number of pyridine rings is 1. The zero-order valence-corrected chi connectivity index (χ0v) is 17.9. The second-order valence-corrected chi connectivity index (χ2v) is 7.09. The molecule has 5 nitrogen and oxygen atoms in total. The minimum Gasteiger partial charge on any atom is -0.497 e. The van der Waals surface area contributed by atoms with Crippen molar-refractivity contribution >= 4 is 5.97 Å². The molecule has 0 atom stereocenters. The second kappa shape index (κ2) is 10.0. The van der Waals surface area contributed by atoms with Crippen LogP contribution in [0.3, 0.4) is 0 Å². The topological polar surface area (TPSA) is 57.7 Å².